The summed E-state index contributed by atoms with van der Waals surface area (Å²) in [4.78, 5) is 24.1. The molecule has 40 heavy (non-hydrogen) atoms. The minimum Gasteiger partial charge on any atom is -0.506 e. The van der Waals surface area contributed by atoms with E-state index in [4.69, 9.17) is 9.47 Å². The van der Waals surface area contributed by atoms with Crippen LogP contribution in [-0.2, 0) is 4.74 Å². The number of ether oxygens (including phenoxy) is 2. The number of phenolic OH excluding ortho intramolecular Hbond substituents is 1. The summed E-state index contributed by atoms with van der Waals surface area (Å²) in [6.07, 6.45) is -1.73. The number of unbranched alkanes of at least 4 members (excludes halogenated alkanes) is 2. The molecule has 0 spiro atoms. The summed E-state index contributed by atoms with van der Waals surface area (Å²) in [5, 5.41) is 65.5. The quantitative estimate of drug-likeness (QED) is 0.197. The summed E-state index contributed by atoms with van der Waals surface area (Å²) in [6, 6.07) is 4.01. The van der Waals surface area contributed by atoms with Gasteiger partial charge in [0.05, 0.1) is 22.1 Å². The van der Waals surface area contributed by atoms with Gasteiger partial charge in [0.15, 0.2) is 5.78 Å². The first-order valence-corrected chi connectivity index (χ1v) is 14.0. The smallest absolute Gasteiger partial charge is 0.335 e. The van der Waals surface area contributed by atoms with Crippen LogP contribution in [0.4, 0.5) is 0 Å². The van der Waals surface area contributed by atoms with Crippen LogP contribution in [0.5, 0.6) is 11.5 Å². The zero-order chi connectivity index (χ0) is 29.4. The molecule has 1 heterocycles. The number of hydrogen-bond acceptors (Lipinski definition) is 9. The van der Waals surface area contributed by atoms with Crippen LogP contribution in [0.1, 0.15) is 91.5 Å². The second kappa shape index (κ2) is 12.0. The number of aliphatic hydroxyl groups is 4. The Morgan fingerprint density at radius 3 is 2.45 bits per heavy atom. The Kier molecular flexibility index (Phi) is 9.06. The molecule has 10 nitrogen and oxygen atoms in total. The number of aliphatic hydroxyl groups excluding tert-OH is 3. The fraction of sp³-hybridized carbons (Fsp3) is 0.600. The molecule has 1 saturated carbocycles. The van der Waals surface area contributed by atoms with Crippen molar-refractivity contribution in [3.05, 3.63) is 34.9 Å². The molecular weight excluding hydrogens is 520 g/mol. The summed E-state index contributed by atoms with van der Waals surface area (Å²) in [7, 11) is 0. The second-order valence-corrected chi connectivity index (χ2v) is 11.3. The Bertz CT molecular complexity index is 1260. The van der Waals surface area contributed by atoms with Crippen molar-refractivity contribution >= 4 is 22.5 Å². The molecule has 4 rings (SSSR count). The SMILES string of the molecule is CCCCC[C@H]1CCCC[C@]1(O)[C@@H]1O[C@@H](Oc2cc(C(=O)O)cc3cc(C)c(C(C)=O)c(O)c23)[C@H](O)[C@@H](O)[C@@H]1O. The molecule has 7 atom stereocenters. The van der Waals surface area contributed by atoms with E-state index in [1.54, 1.807) is 13.0 Å². The van der Waals surface area contributed by atoms with Crippen LogP contribution in [0.3, 0.4) is 0 Å². The summed E-state index contributed by atoms with van der Waals surface area (Å²) in [6.45, 7) is 4.99. The number of Topliss-reactive ketones (excluding diaryl/α,β-unsaturated/α-hetero) is 1. The van der Waals surface area contributed by atoms with E-state index in [1.165, 1.54) is 13.0 Å². The highest BCUT2D eigenvalue weighted by atomic mass is 16.7. The highest BCUT2D eigenvalue weighted by molar-refractivity contribution is 6.08. The Labute approximate surface area is 233 Å². The van der Waals surface area contributed by atoms with E-state index in [2.05, 4.69) is 6.92 Å². The third-order valence-corrected chi connectivity index (χ3v) is 8.52. The van der Waals surface area contributed by atoms with E-state index in [1.807, 2.05) is 0 Å². The van der Waals surface area contributed by atoms with Gasteiger partial charge in [-0.25, -0.2) is 4.79 Å². The number of aromatic carboxylic acids is 1. The van der Waals surface area contributed by atoms with E-state index >= 15 is 0 Å². The zero-order valence-corrected chi connectivity index (χ0v) is 23.2. The van der Waals surface area contributed by atoms with Gasteiger partial charge in [0.25, 0.3) is 0 Å². The number of aryl methyl sites for hydroxylation is 1. The van der Waals surface area contributed by atoms with Crippen molar-refractivity contribution in [1.82, 2.24) is 0 Å². The molecule has 1 aliphatic heterocycles. The molecule has 2 aliphatic rings. The molecule has 2 aromatic carbocycles. The summed E-state index contributed by atoms with van der Waals surface area (Å²) < 4.78 is 12.0. The fourth-order valence-corrected chi connectivity index (χ4v) is 6.43. The number of carbonyl (C=O) groups is 2. The predicted octanol–water partition coefficient (Wildman–Crippen LogP) is 3.44. The average Bonchev–Trinajstić information content (AvgIpc) is 2.89. The number of phenols is 1. The maximum Gasteiger partial charge on any atom is 0.335 e. The molecular formula is C30H40O10. The molecule has 1 aliphatic carbocycles. The first kappa shape index (κ1) is 30.2. The van der Waals surface area contributed by atoms with Gasteiger partial charge in [-0.15, -0.1) is 0 Å². The predicted molar refractivity (Wildman–Crippen MR) is 146 cm³/mol. The van der Waals surface area contributed by atoms with Gasteiger partial charge in [0, 0.05) is 0 Å². The largest absolute Gasteiger partial charge is 0.506 e. The van der Waals surface area contributed by atoms with Crippen LogP contribution in [0.15, 0.2) is 18.2 Å². The van der Waals surface area contributed by atoms with E-state index in [0.717, 1.165) is 38.2 Å². The van der Waals surface area contributed by atoms with Crippen LogP contribution in [0.25, 0.3) is 10.8 Å². The lowest BCUT2D eigenvalue weighted by atomic mass is 9.68. The Hall–Kier alpha value is -2.76. The van der Waals surface area contributed by atoms with Crippen molar-refractivity contribution in [2.24, 2.45) is 5.92 Å². The highest BCUT2D eigenvalue weighted by Crippen LogP contribution is 2.45. The summed E-state index contributed by atoms with van der Waals surface area (Å²) in [5.41, 5.74) is -1.20. The van der Waals surface area contributed by atoms with E-state index in [9.17, 15) is 40.2 Å². The van der Waals surface area contributed by atoms with Crippen LogP contribution in [-0.4, -0.2) is 78.7 Å². The lowest BCUT2D eigenvalue weighted by Gasteiger charge is -2.51. The molecule has 6 N–H and O–H groups in total. The number of fused-ring (bicyclic) bond motifs is 1. The maximum atomic E-state index is 12.3. The van der Waals surface area contributed by atoms with Gasteiger partial charge in [-0.05, 0) is 62.1 Å². The van der Waals surface area contributed by atoms with Gasteiger partial charge in [0.1, 0.15) is 35.9 Å². The third kappa shape index (κ3) is 5.56. The normalized spacial score (nSPS) is 30.8. The molecule has 0 aromatic heterocycles. The van der Waals surface area contributed by atoms with E-state index < -0.39 is 53.8 Å². The van der Waals surface area contributed by atoms with Gasteiger partial charge < -0.3 is 40.1 Å². The molecule has 0 bridgehead atoms. The van der Waals surface area contributed by atoms with Crippen molar-refractivity contribution < 1.29 is 49.7 Å². The van der Waals surface area contributed by atoms with E-state index in [0.29, 0.717) is 24.8 Å². The Balaban J connectivity index is 1.75. The van der Waals surface area contributed by atoms with Crippen molar-refractivity contribution in [3.63, 3.8) is 0 Å². The van der Waals surface area contributed by atoms with Crippen LogP contribution < -0.4 is 4.74 Å². The average molecular weight is 561 g/mol. The molecule has 0 radical (unpaired) electrons. The lowest BCUT2D eigenvalue weighted by Crippen LogP contribution is -2.67. The fourth-order valence-electron chi connectivity index (χ4n) is 6.43. The first-order valence-electron chi connectivity index (χ1n) is 14.0. The van der Waals surface area contributed by atoms with Gasteiger partial charge in [0.2, 0.25) is 6.29 Å². The topological polar surface area (TPSA) is 174 Å². The van der Waals surface area contributed by atoms with Crippen molar-refractivity contribution in [1.29, 1.82) is 0 Å². The third-order valence-electron chi connectivity index (χ3n) is 8.52. The number of carbonyl (C=O) groups excluding carboxylic acids is 1. The van der Waals surface area contributed by atoms with E-state index in [-0.39, 0.29) is 33.6 Å². The van der Waals surface area contributed by atoms with Crippen molar-refractivity contribution in [2.75, 3.05) is 0 Å². The molecule has 2 aromatic rings. The molecule has 0 unspecified atom stereocenters. The van der Waals surface area contributed by atoms with Gasteiger partial charge in [-0.1, -0.05) is 45.1 Å². The van der Waals surface area contributed by atoms with Crippen molar-refractivity contribution in [3.8, 4) is 11.5 Å². The maximum absolute atomic E-state index is 12.3. The highest BCUT2D eigenvalue weighted by Gasteiger charge is 2.56. The number of hydrogen-bond donors (Lipinski definition) is 6. The standard InChI is InChI=1S/C30H40O10/c1-4-5-6-9-19-10-7-8-11-30(19,38)27-25(34)24(33)26(35)29(40-27)39-20-14-18(28(36)37)13-17-12-15(2)21(16(3)31)23(32)22(17)20/h12-14,19,24-27,29,32-35,38H,4-11H2,1-3H3,(H,36,37)/t19-,24-,25-,26+,27+,29+,30+/m0/s1. The number of carboxylic acids is 1. The molecule has 0 amide bonds. The lowest BCUT2D eigenvalue weighted by molar-refractivity contribution is -0.315. The minimum atomic E-state index is -1.76. The van der Waals surface area contributed by atoms with Crippen molar-refractivity contribution in [2.45, 2.75) is 108 Å². The Morgan fingerprint density at radius 1 is 1.07 bits per heavy atom. The number of ketones is 1. The van der Waals surface area contributed by atoms with Crippen LogP contribution in [0.2, 0.25) is 0 Å². The van der Waals surface area contributed by atoms with Gasteiger partial charge in [-0.3, -0.25) is 4.79 Å². The number of aromatic hydroxyl groups is 1. The van der Waals surface area contributed by atoms with Crippen LogP contribution in [0, 0.1) is 12.8 Å². The van der Waals surface area contributed by atoms with Gasteiger partial charge in [-0.2, -0.15) is 0 Å². The van der Waals surface area contributed by atoms with Gasteiger partial charge >= 0.3 is 5.97 Å². The molecule has 10 heteroatoms. The van der Waals surface area contributed by atoms with Crippen LogP contribution >= 0.6 is 0 Å². The number of benzene rings is 2. The number of rotatable bonds is 9. The Morgan fingerprint density at radius 2 is 1.80 bits per heavy atom. The molecule has 220 valence electrons. The monoisotopic (exact) mass is 560 g/mol. The zero-order valence-electron chi connectivity index (χ0n) is 23.2. The minimum absolute atomic E-state index is 0.0302. The second-order valence-electron chi connectivity index (χ2n) is 11.3. The number of carboxylic acid groups (broad SMARTS) is 1. The summed E-state index contributed by atoms with van der Waals surface area (Å²) >= 11 is 0. The first-order chi connectivity index (χ1) is 18.9. The summed E-state index contributed by atoms with van der Waals surface area (Å²) in [5.74, 6) is -2.50. The molecule has 2 fully saturated rings. The molecule has 1 saturated heterocycles.